The standard InChI is InChI=1S/C21H14F2N4O2S/c1-13(22)11-27-12-16(9-17(23)21(27)29)26-20(28)18-8-15(19(10-24)30-18)3-2-14-4-6-25-7-5-14/h4-9,12-13H,11H2,1H3,(H,26,28). The molecule has 1 N–H and O–H groups in total. The summed E-state index contributed by atoms with van der Waals surface area (Å²) in [5.74, 6) is 4.02. The molecule has 0 aliphatic rings. The van der Waals surface area contributed by atoms with Crippen molar-refractivity contribution in [1.29, 1.82) is 5.26 Å². The van der Waals surface area contributed by atoms with Crippen LogP contribution in [0, 0.1) is 29.0 Å². The van der Waals surface area contributed by atoms with Gasteiger partial charge in [-0.05, 0) is 25.1 Å². The number of pyridine rings is 2. The van der Waals surface area contributed by atoms with Gasteiger partial charge in [-0.1, -0.05) is 11.8 Å². The number of carbonyl (C=O) groups is 1. The highest BCUT2D eigenvalue weighted by Crippen LogP contribution is 2.22. The molecule has 0 bridgehead atoms. The number of aromatic nitrogens is 2. The molecule has 1 atom stereocenters. The number of alkyl halides is 1. The van der Waals surface area contributed by atoms with Crippen molar-refractivity contribution in [2.45, 2.75) is 19.6 Å². The Morgan fingerprint density at radius 1 is 1.33 bits per heavy atom. The minimum Gasteiger partial charge on any atom is -0.320 e. The largest absolute Gasteiger partial charge is 0.320 e. The van der Waals surface area contributed by atoms with Gasteiger partial charge in [0.1, 0.15) is 17.1 Å². The number of hydrogen-bond acceptors (Lipinski definition) is 5. The lowest BCUT2D eigenvalue weighted by atomic mass is 10.2. The molecule has 1 unspecified atom stereocenters. The Bertz CT molecular complexity index is 1250. The van der Waals surface area contributed by atoms with Gasteiger partial charge in [-0.3, -0.25) is 14.6 Å². The van der Waals surface area contributed by atoms with Crippen LogP contribution in [-0.2, 0) is 6.54 Å². The highest BCUT2D eigenvalue weighted by molar-refractivity contribution is 7.14. The molecule has 0 saturated heterocycles. The molecule has 3 aromatic rings. The van der Waals surface area contributed by atoms with Gasteiger partial charge in [0.05, 0.1) is 22.7 Å². The lowest BCUT2D eigenvalue weighted by molar-refractivity contribution is 0.103. The second-order valence-electron chi connectivity index (χ2n) is 6.22. The van der Waals surface area contributed by atoms with Gasteiger partial charge in [0.2, 0.25) is 0 Å². The molecule has 3 heterocycles. The van der Waals surface area contributed by atoms with Gasteiger partial charge in [0.25, 0.3) is 11.5 Å². The zero-order chi connectivity index (χ0) is 21.7. The highest BCUT2D eigenvalue weighted by atomic mass is 32.1. The number of carbonyl (C=O) groups excluding carboxylic acids is 1. The average Bonchev–Trinajstić information content (AvgIpc) is 3.14. The topological polar surface area (TPSA) is 87.8 Å². The van der Waals surface area contributed by atoms with Crippen molar-refractivity contribution in [1.82, 2.24) is 9.55 Å². The van der Waals surface area contributed by atoms with E-state index in [9.17, 15) is 23.6 Å². The van der Waals surface area contributed by atoms with E-state index in [0.29, 0.717) is 11.1 Å². The Morgan fingerprint density at radius 2 is 2.07 bits per heavy atom. The first kappa shape index (κ1) is 20.9. The highest BCUT2D eigenvalue weighted by Gasteiger charge is 2.16. The van der Waals surface area contributed by atoms with Crippen molar-refractivity contribution in [2.24, 2.45) is 0 Å². The Kier molecular flexibility index (Phi) is 6.35. The van der Waals surface area contributed by atoms with Gasteiger partial charge in [-0.2, -0.15) is 5.26 Å². The molecule has 0 aliphatic heterocycles. The molecule has 0 spiro atoms. The predicted octanol–water partition coefficient (Wildman–Crippen LogP) is 3.33. The summed E-state index contributed by atoms with van der Waals surface area (Å²) in [6.45, 7) is 0.894. The van der Waals surface area contributed by atoms with E-state index in [1.54, 1.807) is 24.5 Å². The second kappa shape index (κ2) is 9.12. The molecule has 0 fully saturated rings. The van der Waals surface area contributed by atoms with Gasteiger partial charge in [-0.15, -0.1) is 11.3 Å². The summed E-state index contributed by atoms with van der Waals surface area (Å²) in [5.41, 5.74) is 0.0981. The molecule has 150 valence electrons. The van der Waals surface area contributed by atoms with Crippen LogP contribution in [0.25, 0.3) is 0 Å². The zero-order valence-electron chi connectivity index (χ0n) is 15.6. The van der Waals surface area contributed by atoms with E-state index in [2.05, 4.69) is 22.1 Å². The van der Waals surface area contributed by atoms with Crippen LogP contribution >= 0.6 is 11.3 Å². The first-order valence-corrected chi connectivity index (χ1v) is 9.50. The number of hydrogen-bond donors (Lipinski definition) is 1. The Balaban J connectivity index is 1.86. The van der Waals surface area contributed by atoms with Crippen LogP contribution in [0.15, 0.2) is 47.7 Å². The maximum Gasteiger partial charge on any atom is 0.286 e. The van der Waals surface area contributed by atoms with E-state index >= 15 is 0 Å². The molecule has 0 radical (unpaired) electrons. The van der Waals surface area contributed by atoms with Crippen molar-refractivity contribution >= 4 is 22.9 Å². The Morgan fingerprint density at radius 3 is 2.73 bits per heavy atom. The lowest BCUT2D eigenvalue weighted by Gasteiger charge is -2.10. The van der Waals surface area contributed by atoms with Crippen molar-refractivity contribution < 1.29 is 13.6 Å². The molecule has 3 aromatic heterocycles. The first-order valence-electron chi connectivity index (χ1n) is 8.68. The molecule has 30 heavy (non-hydrogen) atoms. The van der Waals surface area contributed by atoms with E-state index in [0.717, 1.165) is 22.0 Å². The molecule has 0 aromatic carbocycles. The number of amides is 1. The molecular formula is C21H14F2N4O2S. The number of nitriles is 1. The summed E-state index contributed by atoms with van der Waals surface area (Å²) < 4.78 is 27.9. The van der Waals surface area contributed by atoms with Crippen LogP contribution in [-0.4, -0.2) is 21.6 Å². The Labute approximate surface area is 174 Å². The number of rotatable bonds is 4. The molecule has 1 amide bonds. The maximum atomic E-state index is 13.9. The van der Waals surface area contributed by atoms with Crippen LogP contribution in [0.3, 0.4) is 0 Å². The van der Waals surface area contributed by atoms with Gasteiger partial charge >= 0.3 is 0 Å². The zero-order valence-corrected chi connectivity index (χ0v) is 16.5. The maximum absolute atomic E-state index is 13.9. The number of thiophene rings is 1. The smallest absolute Gasteiger partial charge is 0.286 e. The van der Waals surface area contributed by atoms with Crippen molar-refractivity contribution in [3.63, 3.8) is 0 Å². The summed E-state index contributed by atoms with van der Waals surface area (Å²) in [6, 6.07) is 7.74. The van der Waals surface area contributed by atoms with Gasteiger partial charge in [0, 0.05) is 30.2 Å². The van der Waals surface area contributed by atoms with Crippen LogP contribution in [0.5, 0.6) is 0 Å². The third-order valence-corrected chi connectivity index (χ3v) is 4.87. The van der Waals surface area contributed by atoms with E-state index < -0.39 is 23.5 Å². The normalized spacial score (nSPS) is 11.1. The number of nitrogens with one attached hydrogen (secondary N) is 1. The average molecular weight is 424 g/mol. The van der Waals surface area contributed by atoms with Crippen LogP contribution in [0.1, 0.15) is 32.6 Å². The molecular weight excluding hydrogens is 410 g/mol. The SMILES string of the molecule is CC(F)Cn1cc(NC(=O)c2cc(C#Cc3ccncc3)c(C#N)s2)cc(F)c1=O. The number of halogens is 2. The summed E-state index contributed by atoms with van der Waals surface area (Å²) in [4.78, 5) is 28.6. The second-order valence-corrected chi connectivity index (χ2v) is 7.27. The molecule has 0 saturated carbocycles. The van der Waals surface area contributed by atoms with Crippen LogP contribution < -0.4 is 10.9 Å². The first-order chi connectivity index (χ1) is 14.4. The van der Waals surface area contributed by atoms with Crippen molar-refractivity contribution in [2.75, 3.05) is 5.32 Å². The van der Waals surface area contributed by atoms with E-state index in [4.69, 9.17) is 0 Å². The minimum atomic E-state index is -1.37. The van der Waals surface area contributed by atoms with Crippen molar-refractivity contribution in [3.8, 4) is 17.9 Å². The summed E-state index contributed by atoms with van der Waals surface area (Å²) in [5, 5.41) is 11.8. The summed E-state index contributed by atoms with van der Waals surface area (Å²) in [6.07, 6.45) is 2.97. The quantitative estimate of drug-likeness (QED) is 0.651. The third-order valence-electron chi connectivity index (χ3n) is 3.83. The fraction of sp³-hybridized carbons (Fsp3) is 0.143. The monoisotopic (exact) mass is 424 g/mol. The lowest BCUT2D eigenvalue weighted by Crippen LogP contribution is -2.26. The minimum absolute atomic E-state index is 0.00548. The van der Waals surface area contributed by atoms with E-state index in [-0.39, 0.29) is 22.0 Å². The summed E-state index contributed by atoms with van der Waals surface area (Å²) >= 11 is 0.934. The van der Waals surface area contributed by atoms with E-state index in [1.165, 1.54) is 19.2 Å². The molecule has 3 rings (SSSR count). The van der Waals surface area contributed by atoms with E-state index in [1.807, 2.05) is 6.07 Å². The Hall–Kier alpha value is -3.82. The third kappa shape index (κ3) is 4.96. The molecule has 9 heteroatoms. The fourth-order valence-electron chi connectivity index (χ4n) is 2.52. The predicted molar refractivity (Wildman–Crippen MR) is 108 cm³/mol. The van der Waals surface area contributed by atoms with Crippen LogP contribution in [0.2, 0.25) is 0 Å². The summed E-state index contributed by atoms with van der Waals surface area (Å²) in [7, 11) is 0. The van der Waals surface area contributed by atoms with Gasteiger partial charge in [-0.25, -0.2) is 8.78 Å². The number of anilines is 1. The molecule has 6 nitrogen and oxygen atoms in total. The van der Waals surface area contributed by atoms with Crippen LogP contribution in [0.4, 0.5) is 14.5 Å². The molecule has 0 aliphatic carbocycles. The fourth-order valence-corrected chi connectivity index (χ4v) is 3.33. The van der Waals surface area contributed by atoms with Crippen molar-refractivity contribution in [3.05, 3.63) is 79.9 Å². The van der Waals surface area contributed by atoms with Gasteiger partial charge in [0.15, 0.2) is 5.82 Å². The number of nitrogens with zero attached hydrogens (tertiary/aromatic N) is 3. The van der Waals surface area contributed by atoms with Gasteiger partial charge < -0.3 is 9.88 Å².